The highest BCUT2D eigenvalue weighted by atomic mass is 16.5. The quantitative estimate of drug-likeness (QED) is 0.689. The van der Waals surface area contributed by atoms with E-state index in [0.717, 1.165) is 37.1 Å². The van der Waals surface area contributed by atoms with Gasteiger partial charge in [-0.15, -0.1) is 0 Å². The summed E-state index contributed by atoms with van der Waals surface area (Å²) in [5.74, 6) is 0.720. The molecule has 2 saturated heterocycles. The smallest absolute Gasteiger partial charge is 0.244 e. The lowest BCUT2D eigenvalue weighted by atomic mass is 9.72. The van der Waals surface area contributed by atoms with Gasteiger partial charge in [0, 0.05) is 23.6 Å². The summed E-state index contributed by atoms with van der Waals surface area (Å²) in [6, 6.07) is 12.8. The number of ether oxygens (including phenoxy) is 2. The number of carbonyl (C=O) groups excluding carboxylic acids is 2. The van der Waals surface area contributed by atoms with Gasteiger partial charge in [0.2, 0.25) is 11.8 Å². The van der Waals surface area contributed by atoms with E-state index in [4.69, 9.17) is 9.47 Å². The largest absolute Gasteiger partial charge is 0.508 e. The number of carbonyl (C=O) groups is 2. The highest BCUT2D eigenvalue weighted by Crippen LogP contribution is 2.52. The fraction of sp³-hybridized carbons (Fsp3) is 0.481. The molecule has 2 fully saturated rings. The molecule has 0 unspecified atom stereocenters. The van der Waals surface area contributed by atoms with Crippen molar-refractivity contribution in [3.63, 3.8) is 0 Å². The molecule has 0 aliphatic carbocycles. The lowest BCUT2D eigenvalue weighted by Gasteiger charge is -2.54. The van der Waals surface area contributed by atoms with Crippen LogP contribution in [0.5, 0.6) is 11.5 Å². The van der Waals surface area contributed by atoms with Crippen molar-refractivity contribution in [3.05, 3.63) is 48.0 Å². The molecule has 4 heterocycles. The first-order chi connectivity index (χ1) is 16.8. The molecule has 2 amide bonds. The van der Waals surface area contributed by atoms with Crippen molar-refractivity contribution in [1.82, 2.24) is 4.90 Å². The van der Waals surface area contributed by atoms with Gasteiger partial charge in [0.15, 0.2) is 0 Å². The van der Waals surface area contributed by atoms with Gasteiger partial charge in [-0.05, 0) is 63.9 Å². The van der Waals surface area contributed by atoms with E-state index >= 15 is 0 Å². The van der Waals surface area contributed by atoms with Crippen LogP contribution in [0.3, 0.4) is 0 Å². The summed E-state index contributed by atoms with van der Waals surface area (Å²) in [5.41, 5.74) is 1.92. The molecule has 8 nitrogen and oxygen atoms in total. The maximum atomic E-state index is 13.5. The van der Waals surface area contributed by atoms with E-state index in [0.29, 0.717) is 11.4 Å². The topological polar surface area (TPSA) is 91.3 Å². The fourth-order valence-corrected chi connectivity index (χ4v) is 6.27. The molecule has 4 aliphatic rings. The predicted octanol–water partition coefficient (Wildman–Crippen LogP) is 3.46. The van der Waals surface area contributed by atoms with Crippen LogP contribution in [0.1, 0.15) is 44.8 Å². The summed E-state index contributed by atoms with van der Waals surface area (Å²) in [5, 5.41) is 12.8. The zero-order valence-corrected chi connectivity index (χ0v) is 20.1. The van der Waals surface area contributed by atoms with E-state index < -0.39 is 5.60 Å². The average molecular weight is 478 g/mol. The predicted molar refractivity (Wildman–Crippen MR) is 131 cm³/mol. The number of para-hydroxylation sites is 2. The first-order valence-corrected chi connectivity index (χ1v) is 12.4. The number of phenolic OH excluding ortho intramolecular Hbond substituents is 1. The van der Waals surface area contributed by atoms with Gasteiger partial charge < -0.3 is 19.9 Å². The van der Waals surface area contributed by atoms with Crippen molar-refractivity contribution in [2.24, 2.45) is 5.92 Å². The number of fused-ring (bicyclic) bond motifs is 5. The Labute approximate surface area is 204 Å². The van der Waals surface area contributed by atoms with Crippen molar-refractivity contribution in [3.8, 4) is 11.5 Å². The third-order valence-corrected chi connectivity index (χ3v) is 7.99. The van der Waals surface area contributed by atoms with E-state index in [9.17, 15) is 14.7 Å². The molecule has 4 aliphatic heterocycles. The zero-order chi connectivity index (χ0) is 24.3. The summed E-state index contributed by atoms with van der Waals surface area (Å²) in [6.07, 6.45) is 2.66. The molecule has 0 saturated carbocycles. The Hall–Kier alpha value is -3.10. The summed E-state index contributed by atoms with van der Waals surface area (Å²) < 4.78 is 13.1. The Balaban J connectivity index is 1.24. The van der Waals surface area contributed by atoms with Crippen LogP contribution in [0.25, 0.3) is 0 Å². The van der Waals surface area contributed by atoms with Gasteiger partial charge in [-0.25, -0.2) is 0 Å². The highest BCUT2D eigenvalue weighted by Gasteiger charge is 2.52. The van der Waals surface area contributed by atoms with Gasteiger partial charge >= 0.3 is 0 Å². The van der Waals surface area contributed by atoms with E-state index in [1.165, 1.54) is 0 Å². The minimum Gasteiger partial charge on any atom is -0.508 e. The molecular weight excluding hydrogens is 446 g/mol. The molecule has 35 heavy (non-hydrogen) atoms. The fourth-order valence-electron chi connectivity index (χ4n) is 6.27. The lowest BCUT2D eigenvalue weighted by molar-refractivity contribution is -0.189. The van der Waals surface area contributed by atoms with Crippen molar-refractivity contribution in [1.29, 1.82) is 0 Å². The van der Waals surface area contributed by atoms with E-state index in [1.54, 1.807) is 17.0 Å². The number of likely N-dealkylation sites (tertiary alicyclic amines) is 1. The van der Waals surface area contributed by atoms with Crippen LogP contribution in [0.4, 0.5) is 11.4 Å². The molecule has 6 rings (SSSR count). The third-order valence-electron chi connectivity index (χ3n) is 7.99. The van der Waals surface area contributed by atoms with E-state index in [1.807, 2.05) is 30.3 Å². The highest BCUT2D eigenvalue weighted by molar-refractivity contribution is 6.10. The van der Waals surface area contributed by atoms with Crippen molar-refractivity contribution >= 4 is 23.2 Å². The van der Waals surface area contributed by atoms with Crippen LogP contribution in [0, 0.1) is 5.92 Å². The van der Waals surface area contributed by atoms with Crippen molar-refractivity contribution in [2.45, 2.75) is 57.0 Å². The molecule has 8 heteroatoms. The first kappa shape index (κ1) is 22.4. The Bertz CT molecular complexity index is 1180. The van der Waals surface area contributed by atoms with Crippen LogP contribution in [0.2, 0.25) is 0 Å². The summed E-state index contributed by atoms with van der Waals surface area (Å²) in [4.78, 5) is 29.6. The third kappa shape index (κ3) is 3.85. The Kier molecular flexibility index (Phi) is 5.27. The number of nitrogens with one attached hydrogen (secondary N) is 1. The zero-order valence-electron chi connectivity index (χ0n) is 20.1. The summed E-state index contributed by atoms with van der Waals surface area (Å²) >= 11 is 0. The molecule has 0 radical (unpaired) electrons. The first-order valence-electron chi connectivity index (χ1n) is 12.4. The van der Waals surface area contributed by atoms with Crippen LogP contribution in [0.15, 0.2) is 42.5 Å². The SMILES string of the molecule is CC1(C)Oc2cc(O)ccc2[C@@H]2O[C@@H]3CCCN(CC(=O)N4CC(=O)Nc5ccccc54)[C@@H]3C[C@H]21. The number of nitrogens with zero attached hydrogens (tertiary/aromatic N) is 2. The maximum absolute atomic E-state index is 13.5. The number of benzene rings is 2. The van der Waals surface area contributed by atoms with E-state index in [2.05, 4.69) is 24.1 Å². The molecule has 0 bridgehead atoms. The molecule has 0 aromatic heterocycles. The Morgan fingerprint density at radius 2 is 2.06 bits per heavy atom. The minimum atomic E-state index is -0.479. The van der Waals surface area contributed by atoms with Gasteiger partial charge in [0.1, 0.15) is 23.6 Å². The Morgan fingerprint density at radius 1 is 1.23 bits per heavy atom. The molecule has 0 spiro atoms. The molecule has 2 N–H and O–H groups in total. The minimum absolute atomic E-state index is 0.0188. The second-order valence-electron chi connectivity index (χ2n) is 10.6. The number of hydrogen-bond acceptors (Lipinski definition) is 6. The number of anilines is 2. The second kappa shape index (κ2) is 8.24. The van der Waals surface area contributed by atoms with Crippen LogP contribution >= 0.6 is 0 Å². The van der Waals surface area contributed by atoms with Crippen LogP contribution in [-0.4, -0.2) is 59.2 Å². The van der Waals surface area contributed by atoms with Gasteiger partial charge in [0.25, 0.3) is 0 Å². The molecular formula is C27H31N3O5. The number of rotatable bonds is 2. The van der Waals surface area contributed by atoms with Gasteiger partial charge in [0.05, 0.1) is 30.1 Å². The number of phenols is 1. The van der Waals surface area contributed by atoms with E-state index in [-0.39, 0.29) is 54.8 Å². The summed E-state index contributed by atoms with van der Waals surface area (Å²) in [7, 11) is 0. The lowest BCUT2D eigenvalue weighted by Crippen LogP contribution is -2.60. The average Bonchev–Trinajstić information content (AvgIpc) is 2.82. The number of hydrogen-bond donors (Lipinski definition) is 2. The maximum Gasteiger partial charge on any atom is 0.244 e. The molecule has 2 aromatic carbocycles. The standard InChI is InChI=1S/C27H31N3O5/c1-27(2)18-13-21-22(34-26(18)17-10-9-16(31)12-23(17)35-27)8-5-11-29(21)15-25(33)30-14-24(32)28-19-6-3-4-7-20(19)30/h3-4,6-7,9-10,12,18,21-22,26,31H,5,8,11,13-15H2,1-2H3,(H,28,32)/t18-,21-,22-,26+/m1/s1. The van der Waals surface area contributed by atoms with Gasteiger partial charge in [-0.3, -0.25) is 19.4 Å². The summed E-state index contributed by atoms with van der Waals surface area (Å²) in [6.45, 7) is 5.24. The molecule has 2 aromatic rings. The number of amides is 2. The second-order valence-corrected chi connectivity index (χ2v) is 10.6. The number of aromatic hydroxyl groups is 1. The Morgan fingerprint density at radius 3 is 2.91 bits per heavy atom. The van der Waals surface area contributed by atoms with Gasteiger partial charge in [-0.2, -0.15) is 0 Å². The van der Waals surface area contributed by atoms with Gasteiger partial charge in [-0.1, -0.05) is 12.1 Å². The molecule has 184 valence electrons. The normalized spacial score (nSPS) is 29.1. The van der Waals surface area contributed by atoms with Crippen molar-refractivity contribution in [2.75, 3.05) is 29.9 Å². The monoisotopic (exact) mass is 477 g/mol. The van der Waals surface area contributed by atoms with Crippen LogP contribution < -0.4 is 15.0 Å². The molecule has 4 atom stereocenters. The van der Waals surface area contributed by atoms with Crippen molar-refractivity contribution < 1.29 is 24.2 Å². The van der Waals surface area contributed by atoms with Crippen LogP contribution in [-0.2, 0) is 14.3 Å². The number of piperidine rings is 1.